The van der Waals surface area contributed by atoms with Crippen LogP contribution in [0.5, 0.6) is 0 Å². The molecule has 11 nitrogen and oxygen atoms in total. The Morgan fingerprint density at radius 1 is 1.23 bits per heavy atom. The molecular formula is C19H23N9O2. The minimum Gasteiger partial charge on any atom is -0.391 e. The van der Waals surface area contributed by atoms with Crippen LogP contribution in [0, 0.1) is 0 Å². The summed E-state index contributed by atoms with van der Waals surface area (Å²) in [5.41, 5.74) is 13.2. The second-order valence-electron chi connectivity index (χ2n) is 7.15. The van der Waals surface area contributed by atoms with Gasteiger partial charge in [0, 0.05) is 17.9 Å². The lowest BCUT2D eigenvalue weighted by Gasteiger charge is -2.33. The first-order valence-electron chi connectivity index (χ1n) is 9.62. The van der Waals surface area contributed by atoms with Crippen molar-refractivity contribution >= 4 is 23.4 Å². The normalized spacial score (nSPS) is 21.2. The Hall–Kier alpha value is -3.57. The topological polar surface area (TPSA) is 170 Å². The number of carbonyl (C=O) groups excluding carboxylic acids is 1. The molecule has 4 rings (SSSR count). The highest BCUT2D eigenvalue weighted by Gasteiger charge is 2.30. The van der Waals surface area contributed by atoms with Gasteiger partial charge < -0.3 is 27.2 Å². The molecule has 30 heavy (non-hydrogen) atoms. The largest absolute Gasteiger partial charge is 0.391 e. The predicted molar refractivity (Wildman–Crippen MR) is 110 cm³/mol. The second-order valence-corrected chi connectivity index (χ2v) is 7.15. The van der Waals surface area contributed by atoms with Gasteiger partial charge in [0.25, 0.3) is 5.91 Å². The summed E-state index contributed by atoms with van der Waals surface area (Å²) < 4.78 is 0. The van der Waals surface area contributed by atoms with Gasteiger partial charge in [-0.15, -0.1) is 0 Å². The van der Waals surface area contributed by atoms with Crippen molar-refractivity contribution < 1.29 is 9.90 Å². The van der Waals surface area contributed by atoms with Gasteiger partial charge in [-0.2, -0.15) is 20.0 Å². The van der Waals surface area contributed by atoms with Gasteiger partial charge in [0.2, 0.25) is 5.95 Å². The third-order valence-corrected chi connectivity index (χ3v) is 5.02. The number of aromatic nitrogens is 5. The number of hydrogen-bond acceptors (Lipinski definition) is 9. The molecule has 11 heteroatoms. The monoisotopic (exact) mass is 409 g/mol. The first-order chi connectivity index (χ1) is 14.5. The number of anilines is 3. The summed E-state index contributed by atoms with van der Waals surface area (Å²) in [5, 5.41) is 24.7. The molecule has 3 aromatic rings. The van der Waals surface area contributed by atoms with Crippen LogP contribution in [0.1, 0.15) is 29.6 Å². The van der Waals surface area contributed by atoms with Gasteiger partial charge in [-0.3, -0.25) is 4.79 Å². The molecule has 0 aliphatic heterocycles. The van der Waals surface area contributed by atoms with Crippen LogP contribution in [0.4, 0.5) is 17.5 Å². The zero-order valence-electron chi connectivity index (χ0n) is 16.1. The van der Waals surface area contributed by atoms with Crippen LogP contribution in [0.15, 0.2) is 42.9 Å². The summed E-state index contributed by atoms with van der Waals surface area (Å²) in [4.78, 5) is 21.9. The van der Waals surface area contributed by atoms with Crippen LogP contribution in [-0.2, 0) is 0 Å². The van der Waals surface area contributed by atoms with Crippen LogP contribution in [0.3, 0.4) is 0 Å². The standard InChI is InChI=1S/C19H23N9O2/c20-14-5-2-6-15(29)16(14)26-19-22-10-13(17(21)30)18(27-19)25-11-3-1-4-12(9-11)28-23-7-8-24-28/h1,3-4,7-10,14-16,29H,2,5-6,20H2,(H2,21,30)(H2,22,25,26,27)/t14-,15+,16-/m0/s1. The Bertz CT molecular complexity index is 1010. The van der Waals surface area contributed by atoms with Gasteiger partial charge in [-0.1, -0.05) is 6.07 Å². The average Bonchev–Trinajstić information content (AvgIpc) is 3.26. The van der Waals surface area contributed by atoms with Crippen molar-refractivity contribution in [2.75, 3.05) is 10.6 Å². The molecule has 1 aliphatic carbocycles. The molecule has 1 amide bonds. The zero-order chi connectivity index (χ0) is 21.1. The van der Waals surface area contributed by atoms with E-state index in [0.717, 1.165) is 18.5 Å². The highest BCUT2D eigenvalue weighted by molar-refractivity contribution is 5.98. The van der Waals surface area contributed by atoms with Gasteiger partial charge in [-0.05, 0) is 37.5 Å². The third kappa shape index (κ3) is 4.21. The van der Waals surface area contributed by atoms with Gasteiger partial charge in [0.1, 0.15) is 11.4 Å². The highest BCUT2D eigenvalue weighted by Crippen LogP contribution is 2.24. The number of carbonyl (C=O) groups is 1. The predicted octanol–water partition coefficient (Wildman–Crippen LogP) is 0.552. The Labute approximate surface area is 172 Å². The van der Waals surface area contributed by atoms with E-state index in [1.807, 2.05) is 18.2 Å². The molecule has 156 valence electrons. The number of amides is 1. The first kappa shape index (κ1) is 19.7. The SMILES string of the molecule is NC(=O)c1cnc(N[C@@H]2[C@H](O)CCC[C@@H]2N)nc1Nc1cccc(-n2nccn2)c1. The quantitative estimate of drug-likeness (QED) is 0.390. The summed E-state index contributed by atoms with van der Waals surface area (Å²) in [7, 11) is 0. The first-order valence-corrected chi connectivity index (χ1v) is 9.62. The van der Waals surface area contributed by atoms with E-state index in [-0.39, 0.29) is 29.4 Å². The minimum atomic E-state index is -0.664. The van der Waals surface area contributed by atoms with Crippen molar-refractivity contribution in [3.63, 3.8) is 0 Å². The maximum Gasteiger partial charge on any atom is 0.254 e. The zero-order valence-corrected chi connectivity index (χ0v) is 16.1. The van der Waals surface area contributed by atoms with Gasteiger partial charge in [-0.25, -0.2) is 4.98 Å². The molecule has 1 aliphatic rings. The van der Waals surface area contributed by atoms with Crippen molar-refractivity contribution in [2.45, 2.75) is 37.5 Å². The molecule has 2 aromatic heterocycles. The van der Waals surface area contributed by atoms with Crippen LogP contribution >= 0.6 is 0 Å². The van der Waals surface area contributed by atoms with Gasteiger partial charge in [0.15, 0.2) is 0 Å². The maximum absolute atomic E-state index is 11.9. The lowest BCUT2D eigenvalue weighted by atomic mass is 9.88. The molecule has 1 aromatic carbocycles. The van der Waals surface area contributed by atoms with Gasteiger partial charge >= 0.3 is 0 Å². The molecule has 1 saturated carbocycles. The van der Waals surface area contributed by atoms with Crippen molar-refractivity contribution in [2.24, 2.45) is 11.5 Å². The van der Waals surface area contributed by atoms with E-state index in [1.54, 1.807) is 18.5 Å². The molecule has 7 N–H and O–H groups in total. The van der Waals surface area contributed by atoms with Crippen molar-refractivity contribution in [1.82, 2.24) is 25.0 Å². The van der Waals surface area contributed by atoms with E-state index < -0.39 is 12.0 Å². The number of benzene rings is 1. The van der Waals surface area contributed by atoms with Crippen molar-refractivity contribution in [3.8, 4) is 5.69 Å². The average molecular weight is 409 g/mol. The van der Waals surface area contributed by atoms with Gasteiger partial charge in [0.05, 0.1) is 30.2 Å². The number of rotatable bonds is 6. The van der Waals surface area contributed by atoms with Crippen LogP contribution < -0.4 is 22.1 Å². The molecule has 2 heterocycles. The third-order valence-electron chi connectivity index (χ3n) is 5.02. The Kier molecular flexibility index (Phi) is 5.55. The highest BCUT2D eigenvalue weighted by atomic mass is 16.3. The van der Waals surface area contributed by atoms with Crippen LogP contribution in [-0.4, -0.2) is 54.2 Å². The second kappa shape index (κ2) is 8.43. The Morgan fingerprint density at radius 3 is 2.77 bits per heavy atom. The summed E-state index contributed by atoms with van der Waals surface area (Å²) in [6.07, 6.45) is 6.24. The number of aliphatic hydroxyl groups is 1. The molecule has 0 spiro atoms. The Morgan fingerprint density at radius 2 is 2.03 bits per heavy atom. The number of nitrogens with zero attached hydrogens (tertiary/aromatic N) is 5. The summed E-state index contributed by atoms with van der Waals surface area (Å²) in [6, 6.07) is 6.69. The van der Waals surface area contributed by atoms with E-state index >= 15 is 0 Å². The summed E-state index contributed by atoms with van der Waals surface area (Å²) in [5.74, 6) is -0.179. The summed E-state index contributed by atoms with van der Waals surface area (Å²) in [6.45, 7) is 0. The van der Waals surface area contributed by atoms with E-state index in [2.05, 4.69) is 30.8 Å². The Balaban J connectivity index is 1.61. The molecule has 3 atom stereocenters. The van der Waals surface area contributed by atoms with E-state index in [1.165, 1.54) is 11.0 Å². The lowest BCUT2D eigenvalue weighted by molar-refractivity contribution is 0.0999. The summed E-state index contributed by atoms with van der Waals surface area (Å²) >= 11 is 0. The number of aliphatic hydroxyl groups excluding tert-OH is 1. The molecule has 0 bridgehead atoms. The van der Waals surface area contributed by atoms with E-state index in [4.69, 9.17) is 11.5 Å². The fourth-order valence-electron chi connectivity index (χ4n) is 3.48. The minimum absolute atomic E-state index is 0.136. The van der Waals surface area contributed by atoms with E-state index in [9.17, 15) is 9.90 Å². The lowest BCUT2D eigenvalue weighted by Crippen LogP contribution is -2.51. The fourth-order valence-corrected chi connectivity index (χ4v) is 3.48. The fraction of sp³-hybridized carbons (Fsp3) is 0.316. The van der Waals surface area contributed by atoms with Crippen LogP contribution in [0.2, 0.25) is 0 Å². The molecular weight excluding hydrogens is 386 g/mol. The van der Waals surface area contributed by atoms with E-state index in [0.29, 0.717) is 12.1 Å². The number of primary amides is 1. The maximum atomic E-state index is 11.9. The smallest absolute Gasteiger partial charge is 0.254 e. The molecule has 1 fully saturated rings. The number of nitrogens with two attached hydrogens (primary N) is 2. The molecule has 0 saturated heterocycles. The molecule has 0 radical (unpaired) electrons. The van der Waals surface area contributed by atoms with Crippen molar-refractivity contribution in [3.05, 3.63) is 48.4 Å². The van der Waals surface area contributed by atoms with Crippen LogP contribution in [0.25, 0.3) is 5.69 Å². The van der Waals surface area contributed by atoms with Crippen molar-refractivity contribution in [1.29, 1.82) is 0 Å². The number of nitrogens with one attached hydrogen (secondary N) is 2. The molecule has 0 unspecified atom stereocenters. The number of hydrogen-bond donors (Lipinski definition) is 5.